The Morgan fingerprint density at radius 3 is 2.91 bits per heavy atom. The van der Waals surface area contributed by atoms with Crippen molar-refractivity contribution in [2.24, 2.45) is 0 Å². The molecule has 0 unspecified atom stereocenters. The zero-order chi connectivity index (χ0) is 7.94. The third-order valence-electron chi connectivity index (χ3n) is 2.02. The second-order valence-corrected chi connectivity index (χ2v) is 2.99. The lowest BCUT2D eigenvalue weighted by Crippen LogP contribution is -2.11. The van der Waals surface area contributed by atoms with Gasteiger partial charge in [-0.1, -0.05) is 18.9 Å². The van der Waals surface area contributed by atoms with E-state index in [-0.39, 0.29) is 0 Å². The Bertz CT molecular complexity index is 132. The minimum Gasteiger partial charge on any atom is -0.280 e. The zero-order valence-electron chi connectivity index (χ0n) is 7.23. The number of rotatable bonds is 2. The van der Waals surface area contributed by atoms with Crippen LogP contribution in [-0.2, 0) is 4.84 Å². The molecule has 0 bridgehead atoms. The molecule has 0 atom stereocenters. The van der Waals surface area contributed by atoms with Crippen molar-refractivity contribution in [3.05, 3.63) is 11.8 Å². The molecule has 0 aromatic rings. The first-order valence-electron chi connectivity index (χ1n) is 4.41. The maximum absolute atomic E-state index is 4.86. The highest BCUT2D eigenvalue weighted by atomic mass is 16.6. The highest BCUT2D eigenvalue weighted by Crippen LogP contribution is 2.14. The molecule has 0 spiro atoms. The van der Waals surface area contributed by atoms with Gasteiger partial charge >= 0.3 is 0 Å². The third kappa shape index (κ3) is 3.42. The molecule has 0 aromatic heterocycles. The summed E-state index contributed by atoms with van der Waals surface area (Å²) in [5, 5.41) is 0. The van der Waals surface area contributed by atoms with E-state index in [4.69, 9.17) is 4.84 Å². The Kier molecular flexibility index (Phi) is 4.06. The van der Waals surface area contributed by atoms with Crippen LogP contribution in [0.15, 0.2) is 11.8 Å². The van der Waals surface area contributed by atoms with Crippen molar-refractivity contribution in [2.75, 3.05) is 7.11 Å². The van der Waals surface area contributed by atoms with Gasteiger partial charge in [-0.15, -0.1) is 0 Å². The van der Waals surface area contributed by atoms with E-state index < -0.39 is 0 Å². The number of hydrogen-bond donors (Lipinski definition) is 1. The molecule has 2 heteroatoms. The summed E-state index contributed by atoms with van der Waals surface area (Å²) in [7, 11) is 1.67. The first kappa shape index (κ1) is 8.60. The van der Waals surface area contributed by atoms with Crippen molar-refractivity contribution in [3.8, 4) is 0 Å². The van der Waals surface area contributed by atoms with Gasteiger partial charge in [0.1, 0.15) is 0 Å². The zero-order valence-corrected chi connectivity index (χ0v) is 7.23. The van der Waals surface area contributed by atoms with Gasteiger partial charge in [-0.3, -0.25) is 10.3 Å². The van der Waals surface area contributed by atoms with Crippen molar-refractivity contribution in [3.63, 3.8) is 0 Å². The summed E-state index contributed by atoms with van der Waals surface area (Å²) < 4.78 is 0. The van der Waals surface area contributed by atoms with Gasteiger partial charge < -0.3 is 0 Å². The maximum Gasteiger partial charge on any atom is 0.0636 e. The standard InChI is InChI=1S/C9H17NO/c1-11-10-9-7-5-3-2-4-6-8-9/h7,10H,2-6,8H2,1H3. The number of allylic oxidation sites excluding steroid dienone is 2. The second-order valence-electron chi connectivity index (χ2n) is 2.99. The van der Waals surface area contributed by atoms with Crippen molar-refractivity contribution >= 4 is 0 Å². The van der Waals surface area contributed by atoms with E-state index >= 15 is 0 Å². The fourth-order valence-electron chi connectivity index (χ4n) is 1.42. The summed E-state index contributed by atoms with van der Waals surface area (Å²) in [6.45, 7) is 0. The Labute approximate surface area is 68.6 Å². The van der Waals surface area contributed by atoms with Crippen LogP contribution in [0.4, 0.5) is 0 Å². The van der Waals surface area contributed by atoms with Crippen molar-refractivity contribution < 1.29 is 4.84 Å². The van der Waals surface area contributed by atoms with Crippen molar-refractivity contribution in [1.29, 1.82) is 0 Å². The summed E-state index contributed by atoms with van der Waals surface area (Å²) in [4.78, 5) is 4.86. The van der Waals surface area contributed by atoms with Crippen LogP contribution >= 0.6 is 0 Å². The van der Waals surface area contributed by atoms with Gasteiger partial charge in [0, 0.05) is 5.70 Å². The Morgan fingerprint density at radius 1 is 1.27 bits per heavy atom. The highest BCUT2D eigenvalue weighted by molar-refractivity contribution is 4.97. The van der Waals surface area contributed by atoms with Crippen LogP contribution in [-0.4, -0.2) is 7.11 Å². The summed E-state index contributed by atoms with van der Waals surface area (Å²) in [5.41, 5.74) is 4.17. The summed E-state index contributed by atoms with van der Waals surface area (Å²) in [6.07, 6.45) is 9.97. The van der Waals surface area contributed by atoms with Crippen LogP contribution in [0.2, 0.25) is 0 Å². The molecule has 0 aromatic carbocycles. The molecule has 0 heterocycles. The topological polar surface area (TPSA) is 21.3 Å². The largest absolute Gasteiger partial charge is 0.280 e. The van der Waals surface area contributed by atoms with E-state index in [0.29, 0.717) is 0 Å². The number of hydroxylamine groups is 1. The van der Waals surface area contributed by atoms with Crippen LogP contribution < -0.4 is 5.48 Å². The minimum atomic E-state index is 1.15. The van der Waals surface area contributed by atoms with E-state index in [1.165, 1.54) is 37.8 Å². The molecule has 1 rings (SSSR count). The molecule has 11 heavy (non-hydrogen) atoms. The monoisotopic (exact) mass is 155 g/mol. The van der Waals surface area contributed by atoms with Crippen LogP contribution in [0.3, 0.4) is 0 Å². The lowest BCUT2D eigenvalue weighted by atomic mass is 10.0. The molecule has 64 valence electrons. The Morgan fingerprint density at radius 2 is 2.09 bits per heavy atom. The second kappa shape index (κ2) is 5.19. The van der Waals surface area contributed by atoms with Gasteiger partial charge in [-0.25, -0.2) is 0 Å². The number of nitrogens with one attached hydrogen (secondary N) is 1. The maximum atomic E-state index is 4.86. The third-order valence-corrected chi connectivity index (χ3v) is 2.02. The smallest absolute Gasteiger partial charge is 0.0636 e. The Hall–Kier alpha value is -0.500. The van der Waals surface area contributed by atoms with E-state index in [1.54, 1.807) is 7.11 Å². The summed E-state index contributed by atoms with van der Waals surface area (Å²) in [5.74, 6) is 0. The molecule has 0 aliphatic heterocycles. The molecular formula is C9H17NO. The summed E-state index contributed by atoms with van der Waals surface area (Å²) >= 11 is 0. The van der Waals surface area contributed by atoms with Gasteiger partial charge in [0.25, 0.3) is 0 Å². The number of hydrogen-bond acceptors (Lipinski definition) is 2. The van der Waals surface area contributed by atoms with Gasteiger partial charge in [-0.2, -0.15) is 0 Å². The van der Waals surface area contributed by atoms with Crippen LogP contribution in [0.1, 0.15) is 38.5 Å². The highest BCUT2D eigenvalue weighted by Gasteiger charge is 1.99. The predicted octanol–water partition coefficient (Wildman–Crippen LogP) is 2.38. The molecule has 0 amide bonds. The van der Waals surface area contributed by atoms with Crippen LogP contribution in [0.5, 0.6) is 0 Å². The van der Waals surface area contributed by atoms with E-state index in [2.05, 4.69) is 11.6 Å². The molecule has 1 aliphatic carbocycles. The minimum absolute atomic E-state index is 1.15. The van der Waals surface area contributed by atoms with E-state index in [1.807, 2.05) is 0 Å². The first-order valence-corrected chi connectivity index (χ1v) is 4.41. The average Bonchev–Trinajstić information content (AvgIpc) is 1.94. The van der Waals surface area contributed by atoms with Crippen molar-refractivity contribution in [1.82, 2.24) is 5.48 Å². The predicted molar refractivity (Wildman–Crippen MR) is 45.9 cm³/mol. The first-order chi connectivity index (χ1) is 5.43. The lowest BCUT2D eigenvalue weighted by molar-refractivity contribution is 0.114. The van der Waals surface area contributed by atoms with E-state index in [9.17, 15) is 0 Å². The van der Waals surface area contributed by atoms with Gasteiger partial charge in [-0.05, 0) is 25.7 Å². The Balaban J connectivity index is 2.32. The molecule has 0 saturated heterocycles. The van der Waals surface area contributed by atoms with E-state index in [0.717, 1.165) is 6.42 Å². The average molecular weight is 155 g/mol. The molecular weight excluding hydrogens is 138 g/mol. The van der Waals surface area contributed by atoms with Gasteiger partial charge in [0.2, 0.25) is 0 Å². The fraction of sp³-hybridized carbons (Fsp3) is 0.778. The normalized spacial score (nSPS) is 19.9. The van der Waals surface area contributed by atoms with Crippen molar-refractivity contribution in [2.45, 2.75) is 38.5 Å². The molecule has 1 N–H and O–H groups in total. The SMILES string of the molecule is CONC1=CCCCCCC1. The molecule has 2 nitrogen and oxygen atoms in total. The van der Waals surface area contributed by atoms with Gasteiger partial charge in [0.05, 0.1) is 7.11 Å². The lowest BCUT2D eigenvalue weighted by Gasteiger charge is -2.11. The molecule has 0 radical (unpaired) electrons. The van der Waals surface area contributed by atoms with Crippen LogP contribution in [0.25, 0.3) is 0 Å². The van der Waals surface area contributed by atoms with Crippen LogP contribution in [0, 0.1) is 0 Å². The molecule has 1 aliphatic rings. The summed E-state index contributed by atoms with van der Waals surface area (Å²) in [6, 6.07) is 0. The quantitative estimate of drug-likeness (QED) is 0.618. The molecule has 0 saturated carbocycles. The molecule has 0 fully saturated rings. The van der Waals surface area contributed by atoms with Gasteiger partial charge in [0.15, 0.2) is 0 Å². The fourth-order valence-corrected chi connectivity index (χ4v) is 1.42.